The van der Waals surface area contributed by atoms with E-state index in [0.717, 1.165) is 32.1 Å². The first kappa shape index (κ1) is 15.9. The topological polar surface area (TPSA) is 92.5 Å². The van der Waals surface area contributed by atoms with E-state index in [1.807, 2.05) is 0 Å². The maximum atomic E-state index is 12.4. The number of aliphatic hydroxyl groups excluding tert-OH is 1. The molecule has 2 rings (SSSR count). The van der Waals surface area contributed by atoms with Crippen molar-refractivity contribution >= 4 is 27.5 Å². The molecule has 0 bridgehead atoms. The Morgan fingerprint density at radius 3 is 2.62 bits per heavy atom. The third kappa shape index (κ3) is 3.41. The minimum Gasteiger partial charge on any atom is -0.394 e. The van der Waals surface area contributed by atoms with Crippen molar-refractivity contribution in [1.82, 2.24) is 5.32 Å². The van der Waals surface area contributed by atoms with E-state index in [9.17, 15) is 20.0 Å². The van der Waals surface area contributed by atoms with Crippen LogP contribution in [0.1, 0.15) is 42.5 Å². The first-order valence-electron chi connectivity index (χ1n) is 6.85. The number of rotatable bonds is 4. The van der Waals surface area contributed by atoms with E-state index < -0.39 is 16.4 Å². The van der Waals surface area contributed by atoms with Gasteiger partial charge in [-0.3, -0.25) is 14.9 Å². The lowest BCUT2D eigenvalue weighted by Gasteiger charge is -2.36. The van der Waals surface area contributed by atoms with Gasteiger partial charge in [-0.2, -0.15) is 0 Å². The van der Waals surface area contributed by atoms with E-state index in [0.29, 0.717) is 0 Å². The average Bonchev–Trinajstić information content (AvgIpc) is 2.48. The summed E-state index contributed by atoms with van der Waals surface area (Å²) in [6.45, 7) is -0.120. The molecular weight excluding hydrogens is 340 g/mol. The molecule has 0 radical (unpaired) electrons. The molecule has 0 aromatic heterocycles. The number of amides is 1. The van der Waals surface area contributed by atoms with Gasteiger partial charge in [0.15, 0.2) is 0 Å². The van der Waals surface area contributed by atoms with E-state index in [4.69, 9.17) is 0 Å². The molecular formula is C14H17BrN2O4. The minimum atomic E-state index is -0.612. The van der Waals surface area contributed by atoms with E-state index in [1.54, 1.807) is 0 Å². The number of halogens is 1. The van der Waals surface area contributed by atoms with Crippen LogP contribution in [0.2, 0.25) is 0 Å². The van der Waals surface area contributed by atoms with Crippen LogP contribution >= 0.6 is 15.9 Å². The van der Waals surface area contributed by atoms with E-state index in [1.165, 1.54) is 18.2 Å². The SMILES string of the molecule is O=C(NC1(CO)CCCCC1)c1cccc([N+](=O)[O-])c1Br. The molecule has 1 saturated carbocycles. The van der Waals surface area contributed by atoms with Gasteiger partial charge in [0.2, 0.25) is 0 Å². The second kappa shape index (κ2) is 6.53. The zero-order valence-electron chi connectivity index (χ0n) is 11.5. The van der Waals surface area contributed by atoms with Gasteiger partial charge in [0.05, 0.1) is 22.6 Å². The number of carbonyl (C=O) groups excluding carboxylic acids is 1. The van der Waals surface area contributed by atoms with Gasteiger partial charge in [0, 0.05) is 6.07 Å². The van der Waals surface area contributed by atoms with Gasteiger partial charge < -0.3 is 10.4 Å². The predicted octanol–water partition coefficient (Wildman–Crippen LogP) is 2.78. The molecule has 1 aromatic carbocycles. The highest BCUT2D eigenvalue weighted by atomic mass is 79.9. The largest absolute Gasteiger partial charge is 0.394 e. The van der Waals surface area contributed by atoms with Crippen molar-refractivity contribution in [3.63, 3.8) is 0 Å². The number of hydrogen-bond donors (Lipinski definition) is 2. The highest BCUT2D eigenvalue weighted by molar-refractivity contribution is 9.10. The fourth-order valence-electron chi connectivity index (χ4n) is 2.70. The fraction of sp³-hybridized carbons (Fsp3) is 0.500. The van der Waals surface area contributed by atoms with Gasteiger partial charge in [-0.25, -0.2) is 0 Å². The smallest absolute Gasteiger partial charge is 0.284 e. The summed E-state index contributed by atoms with van der Waals surface area (Å²) in [7, 11) is 0. The van der Waals surface area contributed by atoms with Crippen molar-refractivity contribution in [2.24, 2.45) is 0 Å². The standard InChI is InChI=1S/C14H17BrN2O4/c15-12-10(5-4-6-11(12)17(20)21)13(19)16-14(9-18)7-2-1-3-8-14/h4-6,18H,1-3,7-9H2,(H,16,19). The summed E-state index contributed by atoms with van der Waals surface area (Å²) in [5, 5.41) is 23.4. The molecule has 1 fully saturated rings. The number of nitrogens with zero attached hydrogens (tertiary/aromatic N) is 1. The molecule has 7 heteroatoms. The number of hydrogen-bond acceptors (Lipinski definition) is 4. The van der Waals surface area contributed by atoms with Crippen LogP contribution in [0, 0.1) is 10.1 Å². The van der Waals surface area contributed by atoms with Crippen LogP contribution in [0.3, 0.4) is 0 Å². The molecule has 1 aromatic rings. The quantitative estimate of drug-likeness (QED) is 0.640. The molecule has 2 N–H and O–H groups in total. The Labute approximate surface area is 130 Å². The van der Waals surface area contributed by atoms with Crippen LogP contribution in [0.4, 0.5) is 5.69 Å². The maximum Gasteiger partial charge on any atom is 0.284 e. The molecule has 1 aliphatic carbocycles. The zero-order valence-corrected chi connectivity index (χ0v) is 13.1. The van der Waals surface area contributed by atoms with Gasteiger partial charge in [-0.15, -0.1) is 0 Å². The zero-order chi connectivity index (χ0) is 15.5. The van der Waals surface area contributed by atoms with Crippen molar-refractivity contribution < 1.29 is 14.8 Å². The predicted molar refractivity (Wildman–Crippen MR) is 81.2 cm³/mol. The van der Waals surface area contributed by atoms with Crippen LogP contribution in [0.5, 0.6) is 0 Å². The van der Waals surface area contributed by atoms with Crippen LogP contribution < -0.4 is 5.32 Å². The van der Waals surface area contributed by atoms with Crippen molar-refractivity contribution in [2.75, 3.05) is 6.61 Å². The molecule has 21 heavy (non-hydrogen) atoms. The van der Waals surface area contributed by atoms with Crippen molar-refractivity contribution in [2.45, 2.75) is 37.6 Å². The van der Waals surface area contributed by atoms with Gasteiger partial charge in [-0.05, 0) is 34.8 Å². The monoisotopic (exact) mass is 356 g/mol. The maximum absolute atomic E-state index is 12.4. The van der Waals surface area contributed by atoms with Gasteiger partial charge in [0.1, 0.15) is 4.47 Å². The molecule has 0 saturated heterocycles. The summed E-state index contributed by atoms with van der Waals surface area (Å²) in [5.41, 5.74) is -0.550. The second-order valence-electron chi connectivity index (χ2n) is 5.35. The first-order valence-corrected chi connectivity index (χ1v) is 7.65. The van der Waals surface area contributed by atoms with Crippen LogP contribution in [0.15, 0.2) is 22.7 Å². The van der Waals surface area contributed by atoms with Crippen molar-refractivity contribution in [3.8, 4) is 0 Å². The Morgan fingerprint density at radius 2 is 2.05 bits per heavy atom. The summed E-state index contributed by atoms with van der Waals surface area (Å²) in [4.78, 5) is 22.8. The molecule has 0 unspecified atom stereocenters. The number of nitro benzene ring substituents is 1. The van der Waals surface area contributed by atoms with Crippen LogP contribution in [0.25, 0.3) is 0 Å². The van der Waals surface area contributed by atoms with E-state index >= 15 is 0 Å². The lowest BCUT2D eigenvalue weighted by atomic mass is 9.82. The van der Waals surface area contributed by atoms with Gasteiger partial charge in [0.25, 0.3) is 11.6 Å². The number of aliphatic hydroxyl groups is 1. The molecule has 6 nitrogen and oxygen atoms in total. The van der Waals surface area contributed by atoms with Crippen molar-refractivity contribution in [1.29, 1.82) is 0 Å². The molecule has 0 atom stereocenters. The summed E-state index contributed by atoms with van der Waals surface area (Å²) < 4.78 is 0.163. The molecule has 0 aliphatic heterocycles. The summed E-state index contributed by atoms with van der Waals surface area (Å²) in [6, 6.07) is 4.34. The lowest BCUT2D eigenvalue weighted by Crippen LogP contribution is -2.52. The van der Waals surface area contributed by atoms with Crippen LogP contribution in [-0.4, -0.2) is 28.1 Å². The van der Waals surface area contributed by atoms with Gasteiger partial charge >= 0.3 is 0 Å². The van der Waals surface area contributed by atoms with Gasteiger partial charge in [-0.1, -0.05) is 25.3 Å². The highest BCUT2D eigenvalue weighted by Gasteiger charge is 2.34. The third-order valence-corrected chi connectivity index (χ3v) is 4.75. The normalized spacial score (nSPS) is 17.2. The fourth-order valence-corrected chi connectivity index (χ4v) is 3.28. The number of benzene rings is 1. The molecule has 0 heterocycles. The molecule has 0 spiro atoms. The number of nitrogens with one attached hydrogen (secondary N) is 1. The Hall–Kier alpha value is -1.47. The Morgan fingerprint density at radius 1 is 1.38 bits per heavy atom. The Bertz CT molecular complexity index is 556. The number of carbonyl (C=O) groups is 1. The first-order chi connectivity index (χ1) is 9.99. The molecule has 114 valence electrons. The van der Waals surface area contributed by atoms with E-state index in [2.05, 4.69) is 21.2 Å². The highest BCUT2D eigenvalue weighted by Crippen LogP contribution is 2.31. The lowest BCUT2D eigenvalue weighted by molar-refractivity contribution is -0.385. The summed E-state index contributed by atoms with van der Waals surface area (Å²) >= 11 is 3.12. The Balaban J connectivity index is 2.24. The van der Waals surface area contributed by atoms with Crippen LogP contribution in [-0.2, 0) is 0 Å². The van der Waals surface area contributed by atoms with Crippen molar-refractivity contribution in [3.05, 3.63) is 38.3 Å². The summed E-state index contributed by atoms with van der Waals surface area (Å²) in [6.07, 6.45) is 4.45. The van der Waals surface area contributed by atoms with E-state index in [-0.39, 0.29) is 22.3 Å². The third-order valence-electron chi connectivity index (χ3n) is 3.91. The number of nitro groups is 1. The molecule has 1 aliphatic rings. The second-order valence-corrected chi connectivity index (χ2v) is 6.14. The average molecular weight is 357 g/mol. The summed E-state index contributed by atoms with van der Waals surface area (Å²) in [5.74, 6) is -0.401. The minimum absolute atomic E-state index is 0.120. The Kier molecular flexibility index (Phi) is 4.95. The molecule has 1 amide bonds.